The van der Waals surface area contributed by atoms with E-state index in [0.717, 1.165) is 37.0 Å². The SMILES string of the molecule is NC1(c2nc3c(F)cccc3[nH]2)CCCCCC1. The first-order chi connectivity index (χ1) is 8.69. The maximum Gasteiger partial charge on any atom is 0.151 e. The Bertz CT molecular complexity index is 553. The predicted molar refractivity (Wildman–Crippen MR) is 69.6 cm³/mol. The average molecular weight is 247 g/mol. The number of nitrogens with two attached hydrogens (primary N) is 1. The highest BCUT2D eigenvalue weighted by Gasteiger charge is 2.31. The largest absolute Gasteiger partial charge is 0.340 e. The van der Waals surface area contributed by atoms with Gasteiger partial charge in [-0.1, -0.05) is 31.7 Å². The Hall–Kier alpha value is -1.42. The van der Waals surface area contributed by atoms with Crippen molar-refractivity contribution in [1.82, 2.24) is 9.97 Å². The molecule has 1 saturated carbocycles. The first-order valence-electron chi connectivity index (χ1n) is 6.63. The fourth-order valence-electron chi connectivity index (χ4n) is 2.83. The van der Waals surface area contributed by atoms with Crippen molar-refractivity contribution in [3.8, 4) is 0 Å². The number of halogens is 1. The molecule has 0 amide bonds. The van der Waals surface area contributed by atoms with E-state index in [9.17, 15) is 4.39 Å². The number of aromatic amines is 1. The van der Waals surface area contributed by atoms with E-state index in [2.05, 4.69) is 9.97 Å². The molecular formula is C14H18FN3. The van der Waals surface area contributed by atoms with Crippen LogP contribution < -0.4 is 5.73 Å². The zero-order valence-corrected chi connectivity index (χ0v) is 10.4. The first-order valence-corrected chi connectivity index (χ1v) is 6.63. The van der Waals surface area contributed by atoms with Crippen LogP contribution in [0.25, 0.3) is 11.0 Å². The minimum Gasteiger partial charge on any atom is -0.340 e. The first kappa shape index (κ1) is 11.7. The third-order valence-electron chi connectivity index (χ3n) is 3.93. The molecule has 4 heteroatoms. The summed E-state index contributed by atoms with van der Waals surface area (Å²) in [5, 5.41) is 0. The van der Waals surface area contributed by atoms with Crippen molar-refractivity contribution < 1.29 is 4.39 Å². The Kier molecular flexibility index (Phi) is 2.82. The molecule has 3 rings (SSSR count). The minimum absolute atomic E-state index is 0.285. The Morgan fingerprint density at radius 1 is 1.17 bits per heavy atom. The number of hydrogen-bond donors (Lipinski definition) is 2. The van der Waals surface area contributed by atoms with Crippen LogP contribution in [0.2, 0.25) is 0 Å². The third-order valence-corrected chi connectivity index (χ3v) is 3.93. The van der Waals surface area contributed by atoms with Gasteiger partial charge in [0.25, 0.3) is 0 Å². The number of imidazole rings is 1. The van der Waals surface area contributed by atoms with Gasteiger partial charge in [0.2, 0.25) is 0 Å². The van der Waals surface area contributed by atoms with Crippen molar-refractivity contribution in [3.63, 3.8) is 0 Å². The van der Waals surface area contributed by atoms with Gasteiger partial charge in [0.05, 0.1) is 11.1 Å². The third kappa shape index (κ3) is 1.90. The molecule has 0 atom stereocenters. The molecule has 3 nitrogen and oxygen atoms in total. The molecule has 1 aromatic heterocycles. The van der Waals surface area contributed by atoms with Gasteiger partial charge in [-0.2, -0.15) is 0 Å². The second kappa shape index (κ2) is 4.35. The van der Waals surface area contributed by atoms with Crippen LogP contribution in [0, 0.1) is 5.82 Å². The monoisotopic (exact) mass is 247 g/mol. The van der Waals surface area contributed by atoms with E-state index in [1.165, 1.54) is 18.9 Å². The van der Waals surface area contributed by atoms with E-state index in [1.807, 2.05) is 6.07 Å². The summed E-state index contributed by atoms with van der Waals surface area (Å²) in [6.07, 6.45) is 6.55. The molecule has 1 heterocycles. The van der Waals surface area contributed by atoms with Gasteiger partial charge in [-0.25, -0.2) is 9.37 Å². The highest BCUT2D eigenvalue weighted by atomic mass is 19.1. The summed E-state index contributed by atoms with van der Waals surface area (Å²) in [5.41, 5.74) is 7.20. The lowest BCUT2D eigenvalue weighted by molar-refractivity contribution is 0.366. The molecule has 1 aliphatic carbocycles. The molecule has 96 valence electrons. The van der Waals surface area contributed by atoms with Crippen molar-refractivity contribution in [2.75, 3.05) is 0 Å². The zero-order chi connectivity index (χ0) is 12.6. The summed E-state index contributed by atoms with van der Waals surface area (Å²) in [6.45, 7) is 0. The molecule has 1 fully saturated rings. The van der Waals surface area contributed by atoms with Gasteiger partial charge in [-0.3, -0.25) is 0 Å². The van der Waals surface area contributed by atoms with Crippen LogP contribution >= 0.6 is 0 Å². The molecule has 18 heavy (non-hydrogen) atoms. The number of hydrogen-bond acceptors (Lipinski definition) is 2. The number of benzene rings is 1. The van der Waals surface area contributed by atoms with E-state index in [-0.39, 0.29) is 5.82 Å². The van der Waals surface area contributed by atoms with E-state index in [4.69, 9.17) is 5.73 Å². The molecule has 0 bridgehead atoms. The number of nitrogens with one attached hydrogen (secondary N) is 1. The lowest BCUT2D eigenvalue weighted by atomic mass is 9.91. The quantitative estimate of drug-likeness (QED) is 0.760. The standard InChI is InChI=1S/C14H18FN3/c15-10-6-5-7-11-12(10)18-13(17-11)14(16)8-3-1-2-4-9-14/h5-7H,1-4,8-9,16H2,(H,17,18). The van der Waals surface area contributed by atoms with Gasteiger partial charge in [-0.15, -0.1) is 0 Å². The molecule has 0 saturated heterocycles. The Labute approximate surface area is 106 Å². The number of nitrogens with zero attached hydrogens (tertiary/aromatic N) is 1. The second-order valence-electron chi connectivity index (χ2n) is 5.29. The Morgan fingerprint density at radius 2 is 1.89 bits per heavy atom. The summed E-state index contributed by atoms with van der Waals surface area (Å²) < 4.78 is 13.6. The molecule has 1 aromatic carbocycles. The molecule has 0 spiro atoms. The van der Waals surface area contributed by atoms with Gasteiger partial charge >= 0.3 is 0 Å². The van der Waals surface area contributed by atoms with E-state index < -0.39 is 5.54 Å². The van der Waals surface area contributed by atoms with Gasteiger partial charge in [-0.05, 0) is 25.0 Å². The smallest absolute Gasteiger partial charge is 0.151 e. The second-order valence-corrected chi connectivity index (χ2v) is 5.29. The van der Waals surface area contributed by atoms with Crippen molar-refractivity contribution in [2.24, 2.45) is 5.73 Å². The fraction of sp³-hybridized carbons (Fsp3) is 0.500. The normalized spacial score (nSPS) is 19.9. The lowest BCUT2D eigenvalue weighted by Gasteiger charge is -2.25. The van der Waals surface area contributed by atoms with Crippen molar-refractivity contribution in [3.05, 3.63) is 29.8 Å². The summed E-state index contributed by atoms with van der Waals surface area (Å²) in [5.74, 6) is 0.455. The van der Waals surface area contributed by atoms with Crippen LogP contribution in [0.4, 0.5) is 4.39 Å². The van der Waals surface area contributed by atoms with Gasteiger partial charge in [0.15, 0.2) is 5.82 Å². The topological polar surface area (TPSA) is 54.7 Å². The van der Waals surface area contributed by atoms with Crippen LogP contribution in [0.3, 0.4) is 0 Å². The van der Waals surface area contributed by atoms with Gasteiger partial charge in [0, 0.05) is 0 Å². The molecular weight excluding hydrogens is 229 g/mol. The molecule has 0 radical (unpaired) electrons. The van der Waals surface area contributed by atoms with Crippen molar-refractivity contribution in [2.45, 2.75) is 44.1 Å². The number of H-pyrrole nitrogens is 1. The number of rotatable bonds is 1. The molecule has 2 aromatic rings. The van der Waals surface area contributed by atoms with Crippen LogP contribution in [0.15, 0.2) is 18.2 Å². The molecule has 0 aliphatic heterocycles. The summed E-state index contributed by atoms with van der Waals surface area (Å²) in [7, 11) is 0. The predicted octanol–water partition coefficient (Wildman–Crippen LogP) is 3.21. The van der Waals surface area contributed by atoms with Crippen LogP contribution in [-0.4, -0.2) is 9.97 Å². The fourth-order valence-corrected chi connectivity index (χ4v) is 2.83. The summed E-state index contributed by atoms with van der Waals surface area (Å²) >= 11 is 0. The van der Waals surface area contributed by atoms with Gasteiger partial charge in [0.1, 0.15) is 11.3 Å². The van der Waals surface area contributed by atoms with E-state index in [1.54, 1.807) is 6.07 Å². The maximum atomic E-state index is 13.6. The summed E-state index contributed by atoms with van der Waals surface area (Å²) in [6, 6.07) is 4.97. The molecule has 0 unspecified atom stereocenters. The van der Waals surface area contributed by atoms with Crippen molar-refractivity contribution in [1.29, 1.82) is 0 Å². The highest BCUT2D eigenvalue weighted by molar-refractivity contribution is 5.75. The Balaban J connectivity index is 2.05. The van der Waals surface area contributed by atoms with Crippen LogP contribution in [0.5, 0.6) is 0 Å². The Morgan fingerprint density at radius 3 is 2.56 bits per heavy atom. The van der Waals surface area contributed by atoms with E-state index >= 15 is 0 Å². The lowest BCUT2D eigenvalue weighted by Crippen LogP contribution is -2.37. The summed E-state index contributed by atoms with van der Waals surface area (Å²) in [4.78, 5) is 7.59. The number of fused-ring (bicyclic) bond motifs is 1. The minimum atomic E-state index is -0.415. The van der Waals surface area contributed by atoms with Gasteiger partial charge < -0.3 is 10.7 Å². The number of aromatic nitrogens is 2. The average Bonchev–Trinajstić information content (AvgIpc) is 2.69. The number of para-hydroxylation sites is 1. The van der Waals surface area contributed by atoms with E-state index in [0.29, 0.717) is 5.52 Å². The molecule has 1 aliphatic rings. The maximum absolute atomic E-state index is 13.6. The molecule has 3 N–H and O–H groups in total. The highest BCUT2D eigenvalue weighted by Crippen LogP contribution is 2.33. The van der Waals surface area contributed by atoms with Crippen LogP contribution in [0.1, 0.15) is 44.3 Å². The zero-order valence-electron chi connectivity index (χ0n) is 10.4. The van der Waals surface area contributed by atoms with Crippen molar-refractivity contribution >= 4 is 11.0 Å². The van der Waals surface area contributed by atoms with Crippen LogP contribution in [-0.2, 0) is 5.54 Å².